The van der Waals surface area contributed by atoms with Gasteiger partial charge in [-0.15, -0.1) is 0 Å². The number of carbonyl (C=O) groups excluding carboxylic acids is 2. The van der Waals surface area contributed by atoms with Gasteiger partial charge in [-0.25, -0.2) is 4.79 Å². The molecule has 186 valence electrons. The third-order valence-corrected chi connectivity index (χ3v) is 5.89. The van der Waals surface area contributed by atoms with Gasteiger partial charge in [-0.2, -0.15) is 10.1 Å². The lowest BCUT2D eigenvalue weighted by Crippen LogP contribution is -2.48. The molecular weight excluding hydrogens is 460 g/mol. The van der Waals surface area contributed by atoms with Gasteiger partial charge in [0.05, 0.1) is 14.2 Å². The molecule has 4 rings (SSSR count). The molecule has 2 heterocycles. The van der Waals surface area contributed by atoms with Gasteiger partial charge in [-0.3, -0.25) is 9.78 Å². The third-order valence-electron chi connectivity index (χ3n) is 5.89. The highest BCUT2D eigenvalue weighted by Gasteiger charge is 2.37. The van der Waals surface area contributed by atoms with Gasteiger partial charge >= 0.3 is 6.09 Å². The first-order valence-electron chi connectivity index (χ1n) is 11.5. The number of nitrogens with one attached hydrogen (secondary N) is 1. The number of hydrogen-bond donors (Lipinski definition) is 1. The van der Waals surface area contributed by atoms with E-state index in [-0.39, 0.29) is 5.69 Å². The van der Waals surface area contributed by atoms with Crippen molar-refractivity contribution in [1.29, 1.82) is 0 Å². The van der Waals surface area contributed by atoms with Gasteiger partial charge < -0.3 is 19.5 Å². The number of methoxy groups -OCH3 is 2. The second-order valence-corrected chi connectivity index (χ2v) is 8.13. The Morgan fingerprint density at radius 2 is 1.83 bits per heavy atom. The molecule has 0 bridgehead atoms. The molecule has 3 aromatic rings. The number of carbonyl (C=O) groups is 2. The Hall–Kier alpha value is -4.40. The van der Waals surface area contributed by atoms with Crippen molar-refractivity contribution in [2.24, 2.45) is 5.10 Å². The Balaban J connectivity index is 1.80. The maximum atomic E-state index is 13.2. The summed E-state index contributed by atoms with van der Waals surface area (Å²) in [4.78, 5) is 30.4. The molecule has 1 aromatic heterocycles. The molecule has 2 amide bonds. The SMILES string of the molecule is CCC1OC(=O)N(C(NC(=O)c2ccccn2)c2ccccc2C)N=C1c1ccc(OC)c(OC)c1. The minimum Gasteiger partial charge on any atom is -0.493 e. The van der Waals surface area contributed by atoms with E-state index in [4.69, 9.17) is 19.3 Å². The number of ether oxygens (including phenoxy) is 3. The van der Waals surface area contributed by atoms with Crippen molar-refractivity contribution in [3.8, 4) is 11.5 Å². The molecular formula is C27H28N4O5. The van der Waals surface area contributed by atoms with Crippen molar-refractivity contribution in [3.05, 3.63) is 89.2 Å². The summed E-state index contributed by atoms with van der Waals surface area (Å²) < 4.78 is 16.6. The summed E-state index contributed by atoms with van der Waals surface area (Å²) in [6.07, 6.45) is -0.119. The van der Waals surface area contributed by atoms with Crippen LogP contribution in [0.25, 0.3) is 0 Å². The number of nitrogens with zero attached hydrogens (tertiary/aromatic N) is 3. The highest BCUT2D eigenvalue weighted by atomic mass is 16.6. The van der Waals surface area contributed by atoms with Crippen LogP contribution in [0.5, 0.6) is 11.5 Å². The predicted octanol–water partition coefficient (Wildman–Crippen LogP) is 4.47. The van der Waals surface area contributed by atoms with Crippen molar-refractivity contribution >= 4 is 17.7 Å². The average molecular weight is 489 g/mol. The third kappa shape index (κ3) is 5.00. The van der Waals surface area contributed by atoms with Crippen LogP contribution in [-0.4, -0.2) is 48.0 Å². The Morgan fingerprint density at radius 3 is 2.50 bits per heavy atom. The van der Waals surface area contributed by atoms with E-state index in [1.165, 1.54) is 11.2 Å². The van der Waals surface area contributed by atoms with Crippen LogP contribution in [0.2, 0.25) is 0 Å². The minimum atomic E-state index is -0.929. The molecule has 0 spiro atoms. The fraction of sp³-hybridized carbons (Fsp3) is 0.259. The van der Waals surface area contributed by atoms with Crippen molar-refractivity contribution in [2.75, 3.05) is 14.2 Å². The van der Waals surface area contributed by atoms with Crippen LogP contribution < -0.4 is 14.8 Å². The number of aryl methyl sites for hydroxylation is 1. The van der Waals surface area contributed by atoms with Gasteiger partial charge in [0.25, 0.3) is 5.91 Å². The van der Waals surface area contributed by atoms with E-state index in [1.807, 2.05) is 44.2 Å². The first-order valence-corrected chi connectivity index (χ1v) is 11.5. The lowest BCUT2D eigenvalue weighted by molar-refractivity contribution is 0.0491. The van der Waals surface area contributed by atoms with Crippen molar-refractivity contribution in [2.45, 2.75) is 32.5 Å². The molecule has 9 nitrogen and oxygen atoms in total. The van der Waals surface area contributed by atoms with Gasteiger partial charge in [-0.05, 0) is 54.8 Å². The van der Waals surface area contributed by atoms with E-state index in [0.717, 1.165) is 5.56 Å². The molecule has 0 radical (unpaired) electrons. The zero-order chi connectivity index (χ0) is 25.7. The smallest absolute Gasteiger partial charge is 0.433 e. The summed E-state index contributed by atoms with van der Waals surface area (Å²) in [6.45, 7) is 3.81. The molecule has 1 aliphatic heterocycles. The molecule has 2 unspecified atom stereocenters. The lowest BCUT2D eigenvalue weighted by atomic mass is 10.0. The highest BCUT2D eigenvalue weighted by molar-refractivity contribution is 6.06. The molecule has 1 N–H and O–H groups in total. The van der Waals surface area contributed by atoms with Crippen molar-refractivity contribution in [3.63, 3.8) is 0 Å². The second kappa shape index (κ2) is 10.9. The number of amides is 2. The molecule has 9 heteroatoms. The minimum absolute atomic E-state index is 0.219. The summed E-state index contributed by atoms with van der Waals surface area (Å²) >= 11 is 0. The number of benzene rings is 2. The molecule has 36 heavy (non-hydrogen) atoms. The van der Waals surface area contributed by atoms with Crippen LogP contribution in [0.1, 0.15) is 46.7 Å². The van der Waals surface area contributed by atoms with Crippen LogP contribution in [0.15, 0.2) is 72.0 Å². The summed E-state index contributed by atoms with van der Waals surface area (Å²) in [7, 11) is 3.11. The van der Waals surface area contributed by atoms with E-state index in [9.17, 15) is 9.59 Å². The highest BCUT2D eigenvalue weighted by Crippen LogP contribution is 2.32. The second-order valence-electron chi connectivity index (χ2n) is 8.13. The number of pyridine rings is 1. The standard InChI is InChI=1S/C27H28N4O5/c1-5-21-24(18-13-14-22(34-3)23(16-18)35-4)30-31(27(33)36-21)25(19-11-7-6-10-17(19)2)29-26(32)20-12-8-9-15-28-20/h6-16,21,25H,5H2,1-4H3,(H,29,32). The summed E-state index contributed by atoms with van der Waals surface area (Å²) in [5.41, 5.74) is 3.03. The van der Waals surface area contributed by atoms with Crippen LogP contribution in [0.4, 0.5) is 4.79 Å². The summed E-state index contributed by atoms with van der Waals surface area (Å²) in [5.74, 6) is 0.645. The van der Waals surface area contributed by atoms with Gasteiger partial charge in [-0.1, -0.05) is 37.3 Å². The molecule has 2 atom stereocenters. The van der Waals surface area contributed by atoms with E-state index in [2.05, 4.69) is 10.3 Å². The zero-order valence-corrected chi connectivity index (χ0v) is 20.6. The fourth-order valence-electron chi connectivity index (χ4n) is 3.99. The first kappa shape index (κ1) is 24.7. The summed E-state index contributed by atoms with van der Waals surface area (Å²) in [6, 6.07) is 17.9. The fourth-order valence-corrected chi connectivity index (χ4v) is 3.99. The molecule has 0 saturated carbocycles. The number of rotatable bonds is 8. The van der Waals surface area contributed by atoms with E-state index >= 15 is 0 Å². The zero-order valence-electron chi connectivity index (χ0n) is 20.6. The topological polar surface area (TPSA) is 102 Å². The van der Waals surface area contributed by atoms with Crippen LogP contribution >= 0.6 is 0 Å². The normalized spacial score (nSPS) is 16.0. The van der Waals surface area contributed by atoms with Crippen molar-refractivity contribution in [1.82, 2.24) is 15.3 Å². The van der Waals surface area contributed by atoms with Crippen LogP contribution in [0.3, 0.4) is 0 Å². The molecule has 0 saturated heterocycles. The van der Waals surface area contributed by atoms with Gasteiger partial charge in [0, 0.05) is 11.8 Å². The Morgan fingerprint density at radius 1 is 1.08 bits per heavy atom. The number of cyclic esters (lactones) is 1. The molecule has 2 aromatic carbocycles. The lowest BCUT2D eigenvalue weighted by Gasteiger charge is -2.35. The monoisotopic (exact) mass is 488 g/mol. The number of hydrazone groups is 1. The average Bonchev–Trinajstić information content (AvgIpc) is 2.92. The first-order chi connectivity index (χ1) is 17.5. The van der Waals surface area contributed by atoms with E-state index in [0.29, 0.717) is 34.8 Å². The van der Waals surface area contributed by atoms with Gasteiger partial charge in [0.15, 0.2) is 17.7 Å². The predicted molar refractivity (Wildman–Crippen MR) is 134 cm³/mol. The number of aromatic nitrogens is 1. The maximum Gasteiger partial charge on any atom is 0.433 e. The molecule has 1 aliphatic rings. The quantitative estimate of drug-likeness (QED) is 0.502. The van der Waals surface area contributed by atoms with Gasteiger partial charge in [0.1, 0.15) is 17.5 Å². The Kier molecular flexibility index (Phi) is 7.48. The largest absolute Gasteiger partial charge is 0.493 e. The van der Waals surface area contributed by atoms with Crippen LogP contribution in [-0.2, 0) is 4.74 Å². The number of hydrogen-bond acceptors (Lipinski definition) is 7. The van der Waals surface area contributed by atoms with Crippen molar-refractivity contribution < 1.29 is 23.8 Å². The molecule has 0 aliphatic carbocycles. The van der Waals surface area contributed by atoms with E-state index < -0.39 is 24.3 Å². The van der Waals surface area contributed by atoms with Gasteiger partial charge in [0.2, 0.25) is 0 Å². The molecule has 0 fully saturated rings. The van der Waals surface area contributed by atoms with E-state index in [1.54, 1.807) is 44.6 Å². The van der Waals surface area contributed by atoms with Crippen LogP contribution in [0, 0.1) is 6.92 Å². The Bertz CT molecular complexity index is 1280. The maximum absolute atomic E-state index is 13.2. The summed E-state index contributed by atoms with van der Waals surface area (Å²) in [5, 5.41) is 8.80. The Labute approximate surface area is 209 Å².